The van der Waals surface area contributed by atoms with Gasteiger partial charge in [-0.15, -0.1) is 0 Å². The molecule has 192 valence electrons. The molecule has 4 rings (SSSR count). The Kier molecular flexibility index (Phi) is 7.69. The van der Waals surface area contributed by atoms with E-state index in [1.165, 1.54) is 0 Å². The lowest BCUT2D eigenvalue weighted by atomic mass is 9.59. The number of hydrogen-bond donors (Lipinski definition) is 0. The van der Waals surface area contributed by atoms with E-state index in [1.54, 1.807) is 0 Å². The lowest BCUT2D eigenvalue weighted by molar-refractivity contribution is -0.157. The van der Waals surface area contributed by atoms with Crippen molar-refractivity contribution in [3.05, 3.63) is 0 Å². The fraction of sp³-hybridized carbons (Fsp3) is 0.857. The van der Waals surface area contributed by atoms with Gasteiger partial charge in [-0.1, -0.05) is 41.5 Å². The van der Waals surface area contributed by atoms with Crippen molar-refractivity contribution >= 4 is 23.9 Å². The van der Waals surface area contributed by atoms with E-state index in [0.717, 1.165) is 38.5 Å². The molecule has 0 aromatic carbocycles. The standard InChI is InChI=1S/2C14H22O3/c2*1-8(2)5-10-6-9(3)14(4)11(7-10)12(15)17-13(14)16/h2*8-11H,5-7H2,1-4H3. The molecule has 0 radical (unpaired) electrons. The molecular weight excluding hydrogens is 432 g/mol. The Morgan fingerprint density at radius 3 is 1.29 bits per heavy atom. The highest BCUT2D eigenvalue weighted by Crippen LogP contribution is 2.54. The summed E-state index contributed by atoms with van der Waals surface area (Å²) in [6, 6.07) is 0. The first kappa shape index (κ1) is 26.9. The van der Waals surface area contributed by atoms with Gasteiger partial charge in [-0.3, -0.25) is 19.2 Å². The van der Waals surface area contributed by atoms with Gasteiger partial charge in [0.25, 0.3) is 0 Å². The van der Waals surface area contributed by atoms with Gasteiger partial charge in [0.15, 0.2) is 0 Å². The third kappa shape index (κ3) is 4.70. The minimum absolute atomic E-state index is 0.206. The van der Waals surface area contributed by atoms with Crippen LogP contribution >= 0.6 is 0 Å². The van der Waals surface area contributed by atoms with Crippen molar-refractivity contribution in [3.8, 4) is 0 Å². The van der Waals surface area contributed by atoms with Crippen LogP contribution in [0.4, 0.5) is 0 Å². The molecule has 34 heavy (non-hydrogen) atoms. The molecule has 6 nitrogen and oxygen atoms in total. The predicted octanol–water partition coefficient (Wildman–Crippen LogP) is 5.57. The van der Waals surface area contributed by atoms with Crippen LogP contribution in [0, 0.1) is 58.2 Å². The molecule has 4 aliphatic rings. The zero-order valence-electron chi connectivity index (χ0n) is 22.3. The number of carbonyl (C=O) groups is 4. The van der Waals surface area contributed by atoms with Crippen molar-refractivity contribution in [1.29, 1.82) is 0 Å². The Labute approximate surface area is 204 Å². The number of ether oxygens (including phenoxy) is 2. The zero-order valence-corrected chi connectivity index (χ0v) is 22.3. The van der Waals surface area contributed by atoms with E-state index in [0.29, 0.717) is 23.7 Å². The van der Waals surface area contributed by atoms with Gasteiger partial charge in [-0.05, 0) is 87.9 Å². The predicted molar refractivity (Wildman–Crippen MR) is 128 cm³/mol. The van der Waals surface area contributed by atoms with E-state index < -0.39 is 10.8 Å². The fourth-order valence-electron chi connectivity index (χ4n) is 7.16. The van der Waals surface area contributed by atoms with Crippen LogP contribution in [0.1, 0.15) is 93.9 Å². The van der Waals surface area contributed by atoms with Crippen LogP contribution in [0.25, 0.3) is 0 Å². The highest BCUT2D eigenvalue weighted by Gasteiger charge is 2.61. The van der Waals surface area contributed by atoms with Crippen molar-refractivity contribution in [2.45, 2.75) is 93.9 Å². The van der Waals surface area contributed by atoms with E-state index in [9.17, 15) is 19.2 Å². The van der Waals surface area contributed by atoms with Crippen LogP contribution in [0.15, 0.2) is 0 Å². The molecule has 0 aromatic heterocycles. The Bertz CT molecular complexity index is 763. The SMILES string of the molecule is CC(C)CC1CC(C)C2(C)C(=O)OC(=O)C2C1.CC(C)CC1CC(C)C2(C)C(=O)OC(=O)C2C1. The molecule has 0 N–H and O–H groups in total. The van der Waals surface area contributed by atoms with Crippen LogP contribution in [0.3, 0.4) is 0 Å². The Hall–Kier alpha value is -1.72. The number of esters is 4. The van der Waals surface area contributed by atoms with Gasteiger partial charge in [0.1, 0.15) is 0 Å². The molecule has 0 amide bonds. The fourth-order valence-corrected chi connectivity index (χ4v) is 7.16. The molecule has 2 saturated carbocycles. The number of fused-ring (bicyclic) bond motifs is 2. The first-order valence-corrected chi connectivity index (χ1v) is 13.2. The molecule has 6 heteroatoms. The average molecular weight is 477 g/mol. The molecule has 8 unspecified atom stereocenters. The van der Waals surface area contributed by atoms with E-state index in [-0.39, 0.29) is 47.5 Å². The van der Waals surface area contributed by atoms with Gasteiger partial charge in [-0.25, -0.2) is 0 Å². The molecule has 2 saturated heterocycles. The summed E-state index contributed by atoms with van der Waals surface area (Å²) < 4.78 is 9.71. The summed E-state index contributed by atoms with van der Waals surface area (Å²) in [5, 5.41) is 0. The maximum atomic E-state index is 11.8. The van der Waals surface area contributed by atoms with E-state index >= 15 is 0 Å². The molecule has 4 fully saturated rings. The third-order valence-electron chi connectivity index (χ3n) is 9.45. The largest absolute Gasteiger partial charge is 0.392 e. The summed E-state index contributed by atoms with van der Waals surface area (Å²) >= 11 is 0. The minimum Gasteiger partial charge on any atom is -0.392 e. The van der Waals surface area contributed by atoms with Crippen LogP contribution < -0.4 is 0 Å². The summed E-state index contributed by atoms with van der Waals surface area (Å²) in [6.45, 7) is 16.8. The lowest BCUT2D eigenvalue weighted by Gasteiger charge is -2.41. The quantitative estimate of drug-likeness (QED) is 0.389. The Morgan fingerprint density at radius 2 is 1.00 bits per heavy atom. The molecule has 0 aromatic rings. The van der Waals surface area contributed by atoms with Crippen molar-refractivity contribution in [3.63, 3.8) is 0 Å². The maximum Gasteiger partial charge on any atom is 0.320 e. The van der Waals surface area contributed by atoms with Crippen molar-refractivity contribution in [2.24, 2.45) is 58.2 Å². The summed E-state index contributed by atoms with van der Waals surface area (Å²) in [4.78, 5) is 47.2. The number of cyclic esters (lactones) is 4. The number of carbonyl (C=O) groups excluding carboxylic acids is 4. The van der Waals surface area contributed by atoms with Crippen LogP contribution in [0.5, 0.6) is 0 Å². The normalized spacial score (nSPS) is 41.6. The van der Waals surface area contributed by atoms with Crippen LogP contribution in [0.2, 0.25) is 0 Å². The molecule has 0 spiro atoms. The van der Waals surface area contributed by atoms with E-state index in [4.69, 9.17) is 9.47 Å². The number of rotatable bonds is 4. The second-order valence-corrected chi connectivity index (χ2v) is 12.8. The highest BCUT2D eigenvalue weighted by molar-refractivity contribution is 6.00. The van der Waals surface area contributed by atoms with Crippen LogP contribution in [-0.4, -0.2) is 23.9 Å². The van der Waals surface area contributed by atoms with E-state index in [1.807, 2.05) is 13.8 Å². The molecule has 2 heterocycles. The van der Waals surface area contributed by atoms with Gasteiger partial charge >= 0.3 is 23.9 Å². The smallest absolute Gasteiger partial charge is 0.320 e. The van der Waals surface area contributed by atoms with Gasteiger partial charge < -0.3 is 9.47 Å². The summed E-state index contributed by atoms with van der Waals surface area (Å²) in [7, 11) is 0. The molecule has 8 atom stereocenters. The topological polar surface area (TPSA) is 86.7 Å². The summed E-state index contributed by atoms with van der Waals surface area (Å²) in [5.41, 5.74) is -1.13. The van der Waals surface area contributed by atoms with Crippen LogP contribution in [-0.2, 0) is 28.7 Å². The molecular formula is C28H44O6. The minimum atomic E-state index is -0.565. The average Bonchev–Trinajstić information content (AvgIpc) is 3.07. The van der Waals surface area contributed by atoms with Gasteiger partial charge in [0.2, 0.25) is 0 Å². The second-order valence-electron chi connectivity index (χ2n) is 12.8. The maximum absolute atomic E-state index is 11.8. The van der Waals surface area contributed by atoms with Gasteiger partial charge in [0.05, 0.1) is 22.7 Å². The van der Waals surface area contributed by atoms with Gasteiger partial charge in [-0.2, -0.15) is 0 Å². The second kappa shape index (κ2) is 9.73. The summed E-state index contributed by atoms with van der Waals surface area (Å²) in [5.74, 6) is 1.27. The zero-order chi connectivity index (χ0) is 25.6. The lowest BCUT2D eigenvalue weighted by Crippen LogP contribution is -2.43. The summed E-state index contributed by atoms with van der Waals surface area (Å²) in [6.07, 6.45) is 5.99. The first-order valence-electron chi connectivity index (χ1n) is 13.2. The molecule has 2 aliphatic heterocycles. The first-order chi connectivity index (χ1) is 15.7. The number of hydrogen-bond acceptors (Lipinski definition) is 6. The molecule has 0 bridgehead atoms. The highest BCUT2D eigenvalue weighted by atomic mass is 16.6. The monoisotopic (exact) mass is 476 g/mol. The third-order valence-corrected chi connectivity index (χ3v) is 9.45. The van der Waals surface area contributed by atoms with Gasteiger partial charge in [0, 0.05) is 0 Å². The Morgan fingerprint density at radius 1 is 0.676 bits per heavy atom. The van der Waals surface area contributed by atoms with Crippen molar-refractivity contribution in [1.82, 2.24) is 0 Å². The Balaban J connectivity index is 0.000000191. The molecule has 2 aliphatic carbocycles. The van der Waals surface area contributed by atoms with Crippen molar-refractivity contribution < 1.29 is 28.7 Å². The van der Waals surface area contributed by atoms with Crippen molar-refractivity contribution in [2.75, 3.05) is 0 Å². The van der Waals surface area contributed by atoms with E-state index in [2.05, 4.69) is 41.5 Å².